The van der Waals surface area contributed by atoms with Crippen molar-refractivity contribution in [2.75, 3.05) is 7.11 Å². The van der Waals surface area contributed by atoms with Gasteiger partial charge in [-0.25, -0.2) is 0 Å². The number of methoxy groups -OCH3 is 1. The van der Waals surface area contributed by atoms with Crippen LogP contribution in [-0.4, -0.2) is 12.0 Å². The molecule has 3 aromatic carbocycles. The van der Waals surface area contributed by atoms with Gasteiger partial charge in [-0.2, -0.15) is 5.26 Å². The molecule has 0 aliphatic rings. The number of halogens is 2. The van der Waals surface area contributed by atoms with Crippen LogP contribution in [0.4, 0.5) is 5.69 Å². The summed E-state index contributed by atoms with van der Waals surface area (Å²) in [6.45, 7) is 0.120. The van der Waals surface area contributed by atoms with E-state index in [9.17, 15) is 15.4 Å². The summed E-state index contributed by atoms with van der Waals surface area (Å²) in [5.74, 6) is 0.893. The Morgan fingerprint density at radius 3 is 2.68 bits per heavy atom. The number of hydrogen-bond donors (Lipinski definition) is 0. The van der Waals surface area contributed by atoms with E-state index in [4.69, 9.17) is 21.1 Å². The molecule has 8 heteroatoms. The second-order valence-electron chi connectivity index (χ2n) is 6.40. The molecule has 31 heavy (non-hydrogen) atoms. The van der Waals surface area contributed by atoms with Crippen LogP contribution < -0.4 is 9.47 Å². The lowest BCUT2D eigenvalue weighted by Crippen LogP contribution is -2.00. The summed E-state index contributed by atoms with van der Waals surface area (Å²) < 4.78 is 11.9. The van der Waals surface area contributed by atoms with E-state index < -0.39 is 4.92 Å². The molecule has 0 aromatic heterocycles. The monoisotopic (exact) mass is 498 g/mol. The number of nitriles is 1. The highest BCUT2D eigenvalue weighted by molar-refractivity contribution is 9.10. The minimum atomic E-state index is -0.451. The number of ether oxygens (including phenoxy) is 2. The maximum absolute atomic E-state index is 11.0. The standard InChI is InChI=1S/C23H16BrClN2O4/c1-30-22-12-16(9-17(13-26)19-7-2-3-8-21(19)25)11-20(24)23(22)31-14-15-5-4-6-18(10-15)27(28)29/h2-12H,14H2,1H3. The molecule has 0 N–H and O–H groups in total. The molecule has 0 atom stereocenters. The molecular formula is C23H16BrClN2O4. The third kappa shape index (κ3) is 5.43. The van der Waals surface area contributed by atoms with Crippen LogP contribution in [-0.2, 0) is 6.61 Å². The molecule has 3 rings (SSSR count). The number of nitro groups is 1. The van der Waals surface area contributed by atoms with Crippen molar-refractivity contribution >= 4 is 44.9 Å². The molecular weight excluding hydrogens is 484 g/mol. The Hall–Kier alpha value is -3.34. The van der Waals surface area contributed by atoms with E-state index in [0.29, 0.717) is 43.3 Å². The Morgan fingerprint density at radius 2 is 2.00 bits per heavy atom. The summed E-state index contributed by atoms with van der Waals surface area (Å²) in [5, 5.41) is 21.0. The van der Waals surface area contributed by atoms with E-state index in [1.54, 1.807) is 48.5 Å². The topological polar surface area (TPSA) is 85.4 Å². The maximum atomic E-state index is 11.0. The summed E-state index contributed by atoms with van der Waals surface area (Å²) in [5.41, 5.74) is 2.40. The van der Waals surface area contributed by atoms with E-state index in [2.05, 4.69) is 22.0 Å². The van der Waals surface area contributed by atoms with Crippen molar-refractivity contribution in [2.24, 2.45) is 0 Å². The van der Waals surface area contributed by atoms with Gasteiger partial charge in [-0.1, -0.05) is 41.9 Å². The van der Waals surface area contributed by atoms with Crippen LogP contribution in [0, 0.1) is 21.4 Å². The van der Waals surface area contributed by atoms with Gasteiger partial charge in [0.15, 0.2) is 11.5 Å². The minimum absolute atomic E-state index is 0.00350. The van der Waals surface area contributed by atoms with Crippen LogP contribution in [0.3, 0.4) is 0 Å². The minimum Gasteiger partial charge on any atom is -0.493 e. The number of nitro benzene ring substituents is 1. The molecule has 0 saturated carbocycles. The fourth-order valence-corrected chi connectivity index (χ4v) is 3.71. The molecule has 0 radical (unpaired) electrons. The van der Waals surface area contributed by atoms with Gasteiger partial charge in [0.1, 0.15) is 6.61 Å². The smallest absolute Gasteiger partial charge is 0.269 e. The fraction of sp³-hybridized carbons (Fsp3) is 0.0870. The quantitative estimate of drug-likeness (QED) is 0.157. The predicted molar refractivity (Wildman–Crippen MR) is 123 cm³/mol. The molecule has 0 amide bonds. The molecule has 0 saturated heterocycles. The number of hydrogen-bond acceptors (Lipinski definition) is 5. The van der Waals surface area contributed by atoms with Gasteiger partial charge in [-0.05, 0) is 51.3 Å². The molecule has 6 nitrogen and oxygen atoms in total. The van der Waals surface area contributed by atoms with Crippen LogP contribution in [0.1, 0.15) is 16.7 Å². The zero-order valence-electron chi connectivity index (χ0n) is 16.3. The molecule has 0 bridgehead atoms. The first-order valence-corrected chi connectivity index (χ1v) is 10.2. The first-order chi connectivity index (χ1) is 14.9. The molecule has 156 valence electrons. The van der Waals surface area contributed by atoms with Crippen molar-refractivity contribution in [1.29, 1.82) is 5.26 Å². The highest BCUT2D eigenvalue weighted by Gasteiger charge is 2.14. The van der Waals surface area contributed by atoms with Crippen LogP contribution >= 0.6 is 27.5 Å². The van der Waals surface area contributed by atoms with Crippen LogP contribution in [0.15, 0.2) is 65.1 Å². The number of non-ortho nitro benzene ring substituents is 1. The van der Waals surface area contributed by atoms with Crippen molar-refractivity contribution < 1.29 is 14.4 Å². The highest BCUT2D eigenvalue weighted by atomic mass is 79.9. The van der Waals surface area contributed by atoms with Crippen LogP contribution in [0.2, 0.25) is 5.02 Å². The third-order valence-corrected chi connectivity index (χ3v) is 5.27. The average molecular weight is 500 g/mol. The average Bonchev–Trinajstić information content (AvgIpc) is 2.77. The van der Waals surface area contributed by atoms with Gasteiger partial charge in [0, 0.05) is 22.7 Å². The lowest BCUT2D eigenvalue weighted by molar-refractivity contribution is -0.384. The van der Waals surface area contributed by atoms with Crippen molar-refractivity contribution in [3.8, 4) is 17.6 Å². The summed E-state index contributed by atoms with van der Waals surface area (Å²) in [6.07, 6.45) is 1.71. The van der Waals surface area contributed by atoms with E-state index in [1.165, 1.54) is 19.2 Å². The number of benzene rings is 3. The molecule has 0 spiro atoms. The lowest BCUT2D eigenvalue weighted by atomic mass is 10.0. The summed E-state index contributed by atoms with van der Waals surface area (Å²) in [7, 11) is 1.51. The highest BCUT2D eigenvalue weighted by Crippen LogP contribution is 2.38. The Kier molecular flexibility index (Phi) is 7.29. The van der Waals surface area contributed by atoms with Crippen LogP contribution in [0.5, 0.6) is 11.5 Å². The maximum Gasteiger partial charge on any atom is 0.269 e. The second-order valence-corrected chi connectivity index (χ2v) is 7.66. The summed E-state index contributed by atoms with van der Waals surface area (Å²) >= 11 is 9.70. The van der Waals surface area contributed by atoms with Crippen molar-refractivity contribution in [3.05, 3.63) is 97.0 Å². The number of rotatable bonds is 7. The first-order valence-electron chi connectivity index (χ1n) is 9.03. The van der Waals surface area contributed by atoms with Crippen molar-refractivity contribution in [1.82, 2.24) is 0 Å². The van der Waals surface area contributed by atoms with Gasteiger partial charge in [-0.3, -0.25) is 10.1 Å². The predicted octanol–water partition coefficient (Wildman–Crippen LogP) is 6.66. The Morgan fingerprint density at radius 1 is 1.23 bits per heavy atom. The summed E-state index contributed by atoms with van der Waals surface area (Å²) in [4.78, 5) is 10.5. The molecule has 0 unspecified atom stereocenters. The van der Waals surface area contributed by atoms with Gasteiger partial charge in [0.2, 0.25) is 0 Å². The molecule has 3 aromatic rings. The van der Waals surface area contributed by atoms with Gasteiger partial charge >= 0.3 is 0 Å². The number of allylic oxidation sites excluding steroid dienone is 1. The zero-order chi connectivity index (χ0) is 22.4. The van der Waals surface area contributed by atoms with Gasteiger partial charge in [0.25, 0.3) is 5.69 Å². The molecule has 0 aliphatic heterocycles. The van der Waals surface area contributed by atoms with E-state index in [1.807, 2.05) is 6.07 Å². The van der Waals surface area contributed by atoms with Gasteiger partial charge in [0.05, 0.1) is 28.1 Å². The van der Waals surface area contributed by atoms with Crippen LogP contribution in [0.25, 0.3) is 11.6 Å². The molecule has 0 fully saturated rings. The fourth-order valence-electron chi connectivity index (χ4n) is 2.90. The normalized spacial score (nSPS) is 11.0. The van der Waals surface area contributed by atoms with E-state index in [0.717, 1.165) is 0 Å². The second kappa shape index (κ2) is 10.1. The first kappa shape index (κ1) is 22.3. The van der Waals surface area contributed by atoms with Crippen molar-refractivity contribution in [2.45, 2.75) is 6.61 Å². The Bertz CT molecular complexity index is 1200. The van der Waals surface area contributed by atoms with Gasteiger partial charge < -0.3 is 9.47 Å². The molecule has 0 aliphatic carbocycles. The Balaban J connectivity index is 1.90. The molecule has 0 heterocycles. The van der Waals surface area contributed by atoms with Crippen molar-refractivity contribution in [3.63, 3.8) is 0 Å². The largest absolute Gasteiger partial charge is 0.493 e. The van der Waals surface area contributed by atoms with E-state index >= 15 is 0 Å². The van der Waals surface area contributed by atoms with E-state index in [-0.39, 0.29) is 12.3 Å². The van der Waals surface area contributed by atoms with Gasteiger partial charge in [-0.15, -0.1) is 0 Å². The SMILES string of the molecule is COc1cc(C=C(C#N)c2ccccc2Cl)cc(Br)c1OCc1cccc([N+](=O)[O-])c1. The summed E-state index contributed by atoms with van der Waals surface area (Å²) in [6, 6.07) is 19.1. The number of nitrogens with zero attached hydrogens (tertiary/aromatic N) is 2. The Labute approximate surface area is 192 Å². The lowest BCUT2D eigenvalue weighted by Gasteiger charge is -2.14. The zero-order valence-corrected chi connectivity index (χ0v) is 18.7. The third-order valence-electron chi connectivity index (χ3n) is 4.35.